The summed E-state index contributed by atoms with van der Waals surface area (Å²) < 4.78 is 7.07. The zero-order chi connectivity index (χ0) is 28.0. The highest BCUT2D eigenvalue weighted by atomic mass is 35.5. The summed E-state index contributed by atoms with van der Waals surface area (Å²) in [4.78, 5) is 23.1. The number of anilines is 2. The van der Waals surface area contributed by atoms with Crippen molar-refractivity contribution < 1.29 is 9.66 Å². The molecule has 1 unspecified atom stereocenters. The molecule has 2 aliphatic rings. The van der Waals surface area contributed by atoms with Crippen LogP contribution in [0.15, 0.2) is 76.7 Å². The first-order valence-corrected chi connectivity index (χ1v) is 13.3. The Balaban J connectivity index is 1.53. The van der Waals surface area contributed by atoms with Crippen LogP contribution < -0.4 is 15.0 Å². The number of nitro groups is 1. The van der Waals surface area contributed by atoms with Gasteiger partial charge < -0.3 is 15.0 Å². The number of rotatable bonds is 6. The number of non-ortho nitro benzene ring substituents is 1. The standard InChI is InChI=1S/C29H26ClN7O3/c1-4-7-24-26-17(2)34-36(19-11-13-20(14-12-19)37(38)39)28(26)33-29-27(31-18-10-15-25(40-3)21(30)16-18)32-22-8-5-6-9-23(22)35(24)29/h5-6,8-16,24H,4,7H2,1-3H3,(H,31,32). The minimum atomic E-state index is -0.414. The van der Waals surface area contributed by atoms with E-state index in [1.165, 1.54) is 12.1 Å². The maximum Gasteiger partial charge on any atom is 0.269 e. The summed E-state index contributed by atoms with van der Waals surface area (Å²) in [6, 6.07) is 19.8. The molecule has 202 valence electrons. The highest BCUT2D eigenvalue weighted by molar-refractivity contribution is 6.51. The Kier molecular flexibility index (Phi) is 6.47. The van der Waals surface area contributed by atoms with Gasteiger partial charge >= 0.3 is 0 Å². The van der Waals surface area contributed by atoms with Gasteiger partial charge in [-0.25, -0.2) is 14.7 Å². The van der Waals surface area contributed by atoms with Crippen molar-refractivity contribution in [3.8, 4) is 11.4 Å². The molecule has 0 bridgehead atoms. The Morgan fingerprint density at radius 3 is 2.58 bits per heavy atom. The predicted molar refractivity (Wildman–Crippen MR) is 157 cm³/mol. The quantitative estimate of drug-likeness (QED) is 0.197. The number of fused-ring (bicyclic) bond motifs is 4. The molecule has 11 heteroatoms. The van der Waals surface area contributed by atoms with Crippen LogP contribution in [-0.4, -0.2) is 33.5 Å². The van der Waals surface area contributed by atoms with Crippen molar-refractivity contribution in [2.45, 2.75) is 32.7 Å². The number of aromatic nitrogens is 2. The van der Waals surface area contributed by atoms with E-state index in [9.17, 15) is 10.1 Å². The van der Waals surface area contributed by atoms with Gasteiger partial charge in [-0.1, -0.05) is 37.1 Å². The highest BCUT2D eigenvalue weighted by Crippen LogP contribution is 2.47. The summed E-state index contributed by atoms with van der Waals surface area (Å²) in [6.45, 7) is 4.13. The van der Waals surface area contributed by atoms with Crippen LogP contribution in [0.4, 0.5) is 28.6 Å². The Hall–Kier alpha value is -4.70. The van der Waals surface area contributed by atoms with E-state index < -0.39 is 4.92 Å². The number of amidine groups is 2. The molecule has 0 radical (unpaired) electrons. The van der Waals surface area contributed by atoms with Gasteiger partial charge in [0.2, 0.25) is 0 Å². The minimum Gasteiger partial charge on any atom is -0.495 e. The van der Waals surface area contributed by atoms with Gasteiger partial charge in [-0.3, -0.25) is 10.1 Å². The van der Waals surface area contributed by atoms with Crippen molar-refractivity contribution >= 4 is 51.8 Å². The molecule has 1 N–H and O–H groups in total. The number of nitrogens with zero attached hydrogens (tertiary/aromatic N) is 6. The number of methoxy groups -OCH3 is 1. The number of benzene rings is 3. The average Bonchev–Trinajstić information content (AvgIpc) is 3.29. The van der Waals surface area contributed by atoms with Crippen LogP contribution in [0.5, 0.6) is 5.75 Å². The number of nitrogens with one attached hydrogen (secondary N) is 1. The van der Waals surface area contributed by atoms with Gasteiger partial charge in [0.25, 0.3) is 5.69 Å². The summed E-state index contributed by atoms with van der Waals surface area (Å²) in [6.07, 6.45) is 1.79. The summed E-state index contributed by atoms with van der Waals surface area (Å²) in [5.74, 6) is 2.48. The van der Waals surface area contributed by atoms with Crippen molar-refractivity contribution in [3.05, 3.63) is 93.1 Å². The third kappa shape index (κ3) is 4.26. The first-order valence-electron chi connectivity index (χ1n) is 12.9. The number of hydrogen-bond donors (Lipinski definition) is 1. The molecule has 3 heterocycles. The Bertz CT molecular complexity index is 1690. The van der Waals surface area contributed by atoms with Crippen LogP contribution in [0.25, 0.3) is 5.69 Å². The van der Waals surface area contributed by atoms with E-state index in [-0.39, 0.29) is 11.7 Å². The van der Waals surface area contributed by atoms with Crippen molar-refractivity contribution in [2.75, 3.05) is 17.3 Å². The molecule has 0 aliphatic carbocycles. The molecular formula is C29H26ClN7O3. The number of para-hydroxylation sites is 2. The second kappa shape index (κ2) is 10.1. The van der Waals surface area contributed by atoms with Crippen LogP contribution in [0.2, 0.25) is 5.02 Å². The van der Waals surface area contributed by atoms with E-state index in [4.69, 9.17) is 31.4 Å². The molecule has 6 rings (SSSR count). The maximum absolute atomic E-state index is 11.2. The van der Waals surface area contributed by atoms with Crippen molar-refractivity contribution in [3.63, 3.8) is 0 Å². The molecule has 40 heavy (non-hydrogen) atoms. The summed E-state index contributed by atoms with van der Waals surface area (Å²) in [7, 11) is 1.58. The van der Waals surface area contributed by atoms with Crippen molar-refractivity contribution in [1.82, 2.24) is 9.78 Å². The SMILES string of the molecule is CCCC1c2c(C)nn(-c3ccc([N+](=O)[O-])cc3)c2N=C2C(Nc3ccc(OC)c(Cl)c3)=Nc3ccccc3N21. The molecule has 3 aromatic carbocycles. The molecule has 0 fully saturated rings. The topological polar surface area (TPSA) is 110 Å². The van der Waals surface area contributed by atoms with E-state index in [1.54, 1.807) is 36.1 Å². The monoisotopic (exact) mass is 555 g/mol. The molecule has 10 nitrogen and oxygen atoms in total. The van der Waals surface area contributed by atoms with Gasteiger partial charge in [0.05, 0.1) is 45.9 Å². The summed E-state index contributed by atoms with van der Waals surface area (Å²) in [5.41, 5.74) is 5.11. The number of nitro benzene ring substituents is 1. The van der Waals surface area contributed by atoms with Gasteiger partial charge in [-0.2, -0.15) is 5.10 Å². The fraction of sp³-hybridized carbons (Fsp3) is 0.207. The molecule has 0 saturated heterocycles. The summed E-state index contributed by atoms with van der Waals surface area (Å²) >= 11 is 6.42. The minimum absolute atomic E-state index is 0.0171. The van der Waals surface area contributed by atoms with Crippen molar-refractivity contribution in [1.29, 1.82) is 0 Å². The van der Waals surface area contributed by atoms with Crippen LogP contribution in [0.3, 0.4) is 0 Å². The zero-order valence-electron chi connectivity index (χ0n) is 22.1. The molecule has 1 atom stereocenters. The molecule has 4 aromatic rings. The normalized spacial score (nSPS) is 15.4. The first-order chi connectivity index (χ1) is 19.4. The van der Waals surface area contributed by atoms with E-state index in [0.717, 1.165) is 41.2 Å². The fourth-order valence-electron chi connectivity index (χ4n) is 5.24. The van der Waals surface area contributed by atoms with E-state index in [1.807, 2.05) is 31.2 Å². The number of ether oxygens (including phenoxy) is 1. The number of hydrogen-bond acceptors (Lipinski definition) is 8. The second-order valence-corrected chi connectivity index (χ2v) is 9.95. The van der Waals surface area contributed by atoms with Crippen LogP contribution >= 0.6 is 11.6 Å². The van der Waals surface area contributed by atoms with Gasteiger partial charge in [0.1, 0.15) is 5.75 Å². The van der Waals surface area contributed by atoms with Crippen LogP contribution in [-0.2, 0) is 0 Å². The highest BCUT2D eigenvalue weighted by Gasteiger charge is 2.40. The zero-order valence-corrected chi connectivity index (χ0v) is 22.9. The lowest BCUT2D eigenvalue weighted by Crippen LogP contribution is -2.46. The largest absolute Gasteiger partial charge is 0.495 e. The smallest absolute Gasteiger partial charge is 0.269 e. The lowest BCUT2D eigenvalue weighted by molar-refractivity contribution is -0.384. The molecule has 1 aromatic heterocycles. The van der Waals surface area contributed by atoms with Gasteiger partial charge in [-0.15, -0.1) is 0 Å². The molecule has 0 saturated carbocycles. The lowest BCUT2D eigenvalue weighted by atomic mass is 9.96. The second-order valence-electron chi connectivity index (χ2n) is 9.54. The van der Waals surface area contributed by atoms with Crippen LogP contribution in [0, 0.1) is 17.0 Å². The average molecular weight is 556 g/mol. The van der Waals surface area contributed by atoms with E-state index in [2.05, 4.69) is 23.2 Å². The molecule has 0 spiro atoms. The van der Waals surface area contributed by atoms with Crippen LogP contribution in [0.1, 0.15) is 37.1 Å². The van der Waals surface area contributed by atoms with E-state index in [0.29, 0.717) is 33.9 Å². The third-order valence-corrected chi connectivity index (χ3v) is 7.33. The van der Waals surface area contributed by atoms with Gasteiger partial charge in [0.15, 0.2) is 17.5 Å². The fourth-order valence-corrected chi connectivity index (χ4v) is 5.50. The van der Waals surface area contributed by atoms with Gasteiger partial charge in [-0.05, 0) is 55.8 Å². The number of halogens is 1. The first kappa shape index (κ1) is 25.6. The maximum atomic E-state index is 11.2. The predicted octanol–water partition coefficient (Wildman–Crippen LogP) is 7.30. The Morgan fingerprint density at radius 2 is 1.88 bits per heavy atom. The van der Waals surface area contributed by atoms with E-state index >= 15 is 0 Å². The molecule has 0 amide bonds. The Morgan fingerprint density at radius 1 is 1.10 bits per heavy atom. The third-order valence-electron chi connectivity index (χ3n) is 7.03. The van der Waals surface area contributed by atoms with Crippen molar-refractivity contribution in [2.24, 2.45) is 9.98 Å². The Labute approximate surface area is 235 Å². The molecule has 2 aliphatic heterocycles. The van der Waals surface area contributed by atoms with Gasteiger partial charge in [0, 0.05) is 23.4 Å². The number of aryl methyl sites for hydroxylation is 1. The molecular weight excluding hydrogens is 530 g/mol. The lowest BCUT2D eigenvalue weighted by Gasteiger charge is -2.40. The summed E-state index contributed by atoms with van der Waals surface area (Å²) in [5, 5.41) is 20.0. The number of aliphatic imine (C=N–C) groups is 2.